The Labute approximate surface area is 124 Å². The first-order valence-corrected chi connectivity index (χ1v) is 7.62. The van der Waals surface area contributed by atoms with Crippen molar-refractivity contribution < 1.29 is 9.53 Å². The van der Waals surface area contributed by atoms with Crippen LogP contribution in [0, 0.1) is 11.3 Å². The molecule has 0 aliphatic carbocycles. The Morgan fingerprint density at radius 2 is 2.58 bits per heavy atom. The van der Waals surface area contributed by atoms with Crippen molar-refractivity contribution in [3.8, 4) is 6.07 Å². The fraction of sp³-hybridized carbons (Fsp3) is 0.385. The molecular formula is C13H13BrN2O2S. The molecule has 1 aliphatic heterocycles. The van der Waals surface area contributed by atoms with E-state index in [1.54, 1.807) is 6.08 Å². The lowest BCUT2D eigenvalue weighted by atomic mass is 10.2. The summed E-state index contributed by atoms with van der Waals surface area (Å²) in [7, 11) is 0. The molecular weight excluding hydrogens is 328 g/mol. The van der Waals surface area contributed by atoms with Crippen molar-refractivity contribution >= 4 is 39.2 Å². The predicted octanol–water partition coefficient (Wildman–Crippen LogP) is 2.71. The summed E-state index contributed by atoms with van der Waals surface area (Å²) in [6.07, 6.45) is 3.68. The molecule has 0 spiro atoms. The van der Waals surface area contributed by atoms with Crippen LogP contribution in [0.1, 0.15) is 17.7 Å². The zero-order chi connectivity index (χ0) is 13.7. The molecule has 2 rings (SSSR count). The Hall–Kier alpha value is -1.16. The van der Waals surface area contributed by atoms with Gasteiger partial charge in [-0.1, -0.05) is 0 Å². The number of carbonyl (C=O) groups is 1. The molecule has 1 saturated heterocycles. The van der Waals surface area contributed by atoms with Gasteiger partial charge in [-0.15, -0.1) is 11.3 Å². The number of halogens is 1. The van der Waals surface area contributed by atoms with E-state index in [0.717, 1.165) is 28.8 Å². The van der Waals surface area contributed by atoms with Gasteiger partial charge in [0.1, 0.15) is 11.6 Å². The molecule has 0 aromatic carbocycles. The van der Waals surface area contributed by atoms with Crippen LogP contribution in [0.15, 0.2) is 21.5 Å². The highest BCUT2D eigenvalue weighted by molar-refractivity contribution is 9.10. The third kappa shape index (κ3) is 4.16. The van der Waals surface area contributed by atoms with Gasteiger partial charge in [-0.25, -0.2) is 0 Å². The van der Waals surface area contributed by atoms with Crippen LogP contribution in [-0.2, 0) is 9.53 Å². The number of nitrogens with zero attached hydrogens (tertiary/aromatic N) is 1. The standard InChI is InChI=1S/C13H13BrN2O2S/c14-10-5-12(19-8-10)4-9(6-15)13(17)16-7-11-2-1-3-18-11/h4-5,8,11H,1-3,7H2,(H,16,17). The molecule has 100 valence electrons. The van der Waals surface area contributed by atoms with Crippen LogP contribution in [0.25, 0.3) is 6.08 Å². The Morgan fingerprint density at radius 3 is 3.16 bits per heavy atom. The van der Waals surface area contributed by atoms with Crippen LogP contribution < -0.4 is 5.32 Å². The number of carbonyl (C=O) groups excluding carboxylic acids is 1. The number of hydrogen-bond acceptors (Lipinski definition) is 4. The molecule has 1 aromatic rings. The lowest BCUT2D eigenvalue weighted by Crippen LogP contribution is -2.32. The van der Waals surface area contributed by atoms with Gasteiger partial charge in [-0.2, -0.15) is 5.26 Å². The van der Waals surface area contributed by atoms with E-state index < -0.39 is 0 Å². The van der Waals surface area contributed by atoms with Crippen LogP contribution in [0.2, 0.25) is 0 Å². The first-order valence-electron chi connectivity index (χ1n) is 5.94. The minimum atomic E-state index is -0.345. The van der Waals surface area contributed by atoms with Gasteiger partial charge in [0, 0.05) is 27.9 Å². The minimum absolute atomic E-state index is 0.0831. The van der Waals surface area contributed by atoms with E-state index >= 15 is 0 Å². The number of rotatable bonds is 4. The molecule has 2 heterocycles. The van der Waals surface area contributed by atoms with E-state index in [1.165, 1.54) is 11.3 Å². The van der Waals surface area contributed by atoms with Gasteiger partial charge in [0.05, 0.1) is 6.10 Å². The van der Waals surface area contributed by atoms with Crippen LogP contribution in [0.5, 0.6) is 0 Å². The summed E-state index contributed by atoms with van der Waals surface area (Å²) in [5.74, 6) is -0.345. The van der Waals surface area contributed by atoms with Gasteiger partial charge in [0.25, 0.3) is 5.91 Å². The zero-order valence-corrected chi connectivity index (χ0v) is 12.6. The SMILES string of the molecule is N#CC(=Cc1cc(Br)cs1)C(=O)NCC1CCCO1. The highest BCUT2D eigenvalue weighted by Crippen LogP contribution is 2.22. The minimum Gasteiger partial charge on any atom is -0.376 e. The summed E-state index contributed by atoms with van der Waals surface area (Å²) in [6, 6.07) is 3.80. The fourth-order valence-corrected chi connectivity index (χ4v) is 3.18. The van der Waals surface area contributed by atoms with Crippen molar-refractivity contribution in [2.45, 2.75) is 18.9 Å². The first-order chi connectivity index (χ1) is 9.19. The molecule has 6 heteroatoms. The Morgan fingerprint density at radius 1 is 1.74 bits per heavy atom. The van der Waals surface area contributed by atoms with E-state index in [9.17, 15) is 4.79 Å². The van der Waals surface area contributed by atoms with E-state index in [0.29, 0.717) is 6.54 Å². The molecule has 19 heavy (non-hydrogen) atoms. The molecule has 1 atom stereocenters. The fourth-order valence-electron chi connectivity index (χ4n) is 1.80. The van der Waals surface area contributed by atoms with E-state index in [1.807, 2.05) is 17.5 Å². The molecule has 4 nitrogen and oxygen atoms in total. The summed E-state index contributed by atoms with van der Waals surface area (Å²) in [6.45, 7) is 1.22. The molecule has 1 N–H and O–H groups in total. The molecule has 0 bridgehead atoms. The average molecular weight is 341 g/mol. The Balaban J connectivity index is 1.95. The molecule has 1 aromatic heterocycles. The third-order valence-corrected chi connectivity index (χ3v) is 4.39. The Bertz CT molecular complexity index is 527. The summed E-state index contributed by atoms with van der Waals surface area (Å²) in [5.41, 5.74) is 0.118. The van der Waals surface area contributed by atoms with Gasteiger partial charge in [-0.3, -0.25) is 4.79 Å². The number of amides is 1. The Kier molecular flexibility index (Phi) is 5.14. The maximum Gasteiger partial charge on any atom is 0.262 e. The zero-order valence-electron chi connectivity index (χ0n) is 10.2. The highest BCUT2D eigenvalue weighted by atomic mass is 79.9. The van der Waals surface area contributed by atoms with Crippen molar-refractivity contribution in [3.63, 3.8) is 0 Å². The van der Waals surface area contributed by atoms with Crippen molar-refractivity contribution in [1.29, 1.82) is 5.26 Å². The largest absolute Gasteiger partial charge is 0.376 e. The lowest BCUT2D eigenvalue weighted by Gasteiger charge is -2.09. The summed E-state index contributed by atoms with van der Waals surface area (Å²) in [5, 5.41) is 13.7. The van der Waals surface area contributed by atoms with Crippen molar-refractivity contribution in [3.05, 3.63) is 26.4 Å². The molecule has 1 aliphatic rings. The van der Waals surface area contributed by atoms with Gasteiger partial charge in [0.2, 0.25) is 0 Å². The molecule has 1 amide bonds. The summed E-state index contributed by atoms with van der Waals surface area (Å²) in [4.78, 5) is 12.7. The molecule has 0 saturated carbocycles. The van der Waals surface area contributed by atoms with Crippen molar-refractivity contribution in [1.82, 2.24) is 5.32 Å². The monoisotopic (exact) mass is 340 g/mol. The molecule has 1 unspecified atom stereocenters. The topological polar surface area (TPSA) is 62.1 Å². The predicted molar refractivity (Wildman–Crippen MR) is 77.6 cm³/mol. The number of ether oxygens (including phenoxy) is 1. The normalized spacial score (nSPS) is 19.2. The van der Waals surface area contributed by atoms with E-state index in [4.69, 9.17) is 10.00 Å². The van der Waals surface area contributed by atoms with Gasteiger partial charge >= 0.3 is 0 Å². The number of nitrogens with one attached hydrogen (secondary N) is 1. The van der Waals surface area contributed by atoms with Crippen LogP contribution in [-0.4, -0.2) is 25.2 Å². The van der Waals surface area contributed by atoms with Crippen molar-refractivity contribution in [2.75, 3.05) is 13.2 Å². The van der Waals surface area contributed by atoms with Crippen LogP contribution in [0.3, 0.4) is 0 Å². The van der Waals surface area contributed by atoms with E-state index in [-0.39, 0.29) is 17.6 Å². The van der Waals surface area contributed by atoms with Crippen LogP contribution >= 0.6 is 27.3 Å². The maximum atomic E-state index is 11.9. The van der Waals surface area contributed by atoms with Gasteiger partial charge in [-0.05, 0) is 40.9 Å². The van der Waals surface area contributed by atoms with Gasteiger partial charge in [0.15, 0.2) is 0 Å². The van der Waals surface area contributed by atoms with Crippen molar-refractivity contribution in [2.24, 2.45) is 0 Å². The summed E-state index contributed by atoms with van der Waals surface area (Å²) >= 11 is 4.81. The summed E-state index contributed by atoms with van der Waals surface area (Å²) < 4.78 is 6.36. The number of thiophene rings is 1. The molecule has 1 fully saturated rings. The maximum absolute atomic E-state index is 11.9. The number of hydrogen-bond donors (Lipinski definition) is 1. The first kappa shape index (κ1) is 14.3. The third-order valence-electron chi connectivity index (χ3n) is 2.75. The molecule has 0 radical (unpaired) electrons. The highest BCUT2D eigenvalue weighted by Gasteiger charge is 2.17. The van der Waals surface area contributed by atoms with Gasteiger partial charge < -0.3 is 10.1 Å². The second kappa shape index (κ2) is 6.85. The second-order valence-electron chi connectivity index (χ2n) is 4.18. The lowest BCUT2D eigenvalue weighted by molar-refractivity contribution is -0.117. The average Bonchev–Trinajstić information content (AvgIpc) is 3.04. The number of nitriles is 1. The van der Waals surface area contributed by atoms with Crippen LogP contribution in [0.4, 0.5) is 0 Å². The van der Waals surface area contributed by atoms with E-state index in [2.05, 4.69) is 21.2 Å². The quantitative estimate of drug-likeness (QED) is 0.677. The second-order valence-corrected chi connectivity index (χ2v) is 6.04. The smallest absolute Gasteiger partial charge is 0.262 e.